The standard InChI is InChI=1S/C17H17ClN2O4S/c18-14-11-3-1-2-4-12(11)25-15(14)16(22)19-9-13(21)20-7-5-10(6-8-20)17(23)24/h1-4,10H,5-9H2,(H,19,22)(H,23,24). The fourth-order valence-corrected chi connectivity index (χ4v) is 4.32. The van der Waals surface area contributed by atoms with E-state index in [9.17, 15) is 14.4 Å². The Kier molecular flexibility index (Phi) is 5.24. The number of aliphatic carboxylic acids is 1. The first-order valence-corrected chi connectivity index (χ1v) is 9.12. The third-order valence-corrected chi connectivity index (χ3v) is 6.01. The Morgan fingerprint density at radius 1 is 1.24 bits per heavy atom. The predicted molar refractivity (Wildman–Crippen MR) is 96.1 cm³/mol. The molecule has 0 aliphatic carbocycles. The van der Waals surface area contributed by atoms with E-state index >= 15 is 0 Å². The van der Waals surface area contributed by atoms with Crippen molar-refractivity contribution in [2.75, 3.05) is 19.6 Å². The number of nitrogens with zero attached hydrogens (tertiary/aromatic N) is 1. The summed E-state index contributed by atoms with van der Waals surface area (Å²) in [5.74, 6) is -1.80. The van der Waals surface area contributed by atoms with E-state index in [1.807, 2.05) is 24.3 Å². The Morgan fingerprint density at radius 3 is 2.56 bits per heavy atom. The first-order chi connectivity index (χ1) is 12.0. The van der Waals surface area contributed by atoms with Crippen molar-refractivity contribution in [1.29, 1.82) is 0 Å². The van der Waals surface area contributed by atoms with Crippen LogP contribution < -0.4 is 5.32 Å². The summed E-state index contributed by atoms with van der Waals surface area (Å²) in [6, 6.07) is 7.47. The molecule has 25 heavy (non-hydrogen) atoms. The Bertz CT molecular complexity index is 827. The van der Waals surface area contributed by atoms with Crippen LogP contribution in [0.25, 0.3) is 10.1 Å². The number of amides is 2. The Hall–Kier alpha value is -2.12. The maximum absolute atomic E-state index is 12.3. The molecule has 1 aliphatic rings. The number of hydrogen-bond acceptors (Lipinski definition) is 4. The van der Waals surface area contributed by atoms with Gasteiger partial charge in [0.15, 0.2) is 0 Å². The number of carbonyl (C=O) groups excluding carboxylic acids is 2. The van der Waals surface area contributed by atoms with Gasteiger partial charge in [-0.25, -0.2) is 0 Å². The first kappa shape index (κ1) is 17.7. The molecule has 1 saturated heterocycles. The Morgan fingerprint density at radius 2 is 1.92 bits per heavy atom. The molecule has 2 heterocycles. The molecule has 0 saturated carbocycles. The Labute approximate surface area is 153 Å². The highest BCUT2D eigenvalue weighted by Crippen LogP contribution is 2.34. The normalized spacial score (nSPS) is 15.3. The topological polar surface area (TPSA) is 86.7 Å². The number of piperidine rings is 1. The van der Waals surface area contributed by atoms with Gasteiger partial charge in [-0.15, -0.1) is 11.3 Å². The SMILES string of the molecule is O=C(NCC(=O)N1CCC(C(=O)O)CC1)c1sc2ccccc2c1Cl. The van der Waals surface area contributed by atoms with Crippen LogP contribution in [-0.4, -0.2) is 47.4 Å². The molecule has 8 heteroatoms. The van der Waals surface area contributed by atoms with Crippen LogP contribution in [0.4, 0.5) is 0 Å². The summed E-state index contributed by atoms with van der Waals surface area (Å²) >= 11 is 7.55. The average Bonchev–Trinajstić information content (AvgIpc) is 2.96. The molecule has 0 atom stereocenters. The van der Waals surface area contributed by atoms with E-state index in [0.717, 1.165) is 10.1 Å². The van der Waals surface area contributed by atoms with Gasteiger partial charge in [-0.1, -0.05) is 29.8 Å². The largest absolute Gasteiger partial charge is 0.481 e. The number of halogens is 1. The van der Waals surface area contributed by atoms with E-state index in [1.54, 1.807) is 4.90 Å². The highest BCUT2D eigenvalue weighted by atomic mass is 35.5. The Balaban J connectivity index is 1.57. The molecule has 3 rings (SSSR count). The molecule has 0 spiro atoms. The van der Waals surface area contributed by atoms with Crippen LogP contribution in [0.5, 0.6) is 0 Å². The molecule has 2 aromatic rings. The van der Waals surface area contributed by atoms with Gasteiger partial charge in [0.05, 0.1) is 17.5 Å². The van der Waals surface area contributed by atoms with Gasteiger partial charge in [0, 0.05) is 23.2 Å². The number of fused-ring (bicyclic) bond motifs is 1. The van der Waals surface area contributed by atoms with E-state index < -0.39 is 11.9 Å². The van der Waals surface area contributed by atoms with E-state index in [-0.39, 0.29) is 18.4 Å². The summed E-state index contributed by atoms with van der Waals surface area (Å²) in [5.41, 5.74) is 0. The van der Waals surface area contributed by atoms with Crippen molar-refractivity contribution >= 4 is 50.8 Å². The fourth-order valence-electron chi connectivity index (χ4n) is 2.88. The summed E-state index contributed by atoms with van der Waals surface area (Å²) in [6.45, 7) is 0.672. The number of likely N-dealkylation sites (tertiary alicyclic amines) is 1. The molecule has 1 fully saturated rings. The maximum atomic E-state index is 12.3. The number of benzene rings is 1. The summed E-state index contributed by atoms with van der Waals surface area (Å²) < 4.78 is 0.916. The van der Waals surface area contributed by atoms with Crippen LogP contribution in [0.1, 0.15) is 22.5 Å². The van der Waals surface area contributed by atoms with Crippen LogP contribution >= 0.6 is 22.9 Å². The lowest BCUT2D eigenvalue weighted by Crippen LogP contribution is -2.45. The lowest BCUT2D eigenvalue weighted by atomic mass is 9.97. The number of hydrogen-bond donors (Lipinski definition) is 2. The van der Waals surface area contributed by atoms with Gasteiger partial charge < -0.3 is 15.3 Å². The van der Waals surface area contributed by atoms with Crippen LogP contribution in [0, 0.1) is 5.92 Å². The van der Waals surface area contributed by atoms with E-state index in [2.05, 4.69) is 5.32 Å². The van der Waals surface area contributed by atoms with Gasteiger partial charge in [0.2, 0.25) is 5.91 Å². The molecular formula is C17H17ClN2O4S. The van der Waals surface area contributed by atoms with Gasteiger partial charge in [-0.3, -0.25) is 14.4 Å². The molecule has 0 unspecified atom stereocenters. The van der Waals surface area contributed by atoms with Crippen LogP contribution in [0.3, 0.4) is 0 Å². The van der Waals surface area contributed by atoms with Crippen molar-refractivity contribution in [2.45, 2.75) is 12.8 Å². The molecule has 132 valence electrons. The molecular weight excluding hydrogens is 364 g/mol. The van der Waals surface area contributed by atoms with Crippen molar-refractivity contribution in [3.8, 4) is 0 Å². The smallest absolute Gasteiger partial charge is 0.306 e. The van der Waals surface area contributed by atoms with E-state index in [4.69, 9.17) is 16.7 Å². The summed E-state index contributed by atoms with van der Waals surface area (Å²) in [5, 5.41) is 12.8. The highest BCUT2D eigenvalue weighted by Gasteiger charge is 2.27. The third kappa shape index (κ3) is 3.77. The fraction of sp³-hybridized carbons (Fsp3) is 0.353. The number of carbonyl (C=O) groups is 3. The molecule has 2 N–H and O–H groups in total. The summed E-state index contributed by atoms with van der Waals surface area (Å²) in [6.07, 6.45) is 0.883. The lowest BCUT2D eigenvalue weighted by molar-refractivity contribution is -0.145. The zero-order valence-corrected chi connectivity index (χ0v) is 14.9. The number of thiophene rings is 1. The third-order valence-electron chi connectivity index (χ3n) is 4.34. The summed E-state index contributed by atoms with van der Waals surface area (Å²) in [4.78, 5) is 37.4. The van der Waals surface area contributed by atoms with Gasteiger partial charge in [-0.05, 0) is 18.9 Å². The van der Waals surface area contributed by atoms with Gasteiger partial charge in [0.25, 0.3) is 5.91 Å². The van der Waals surface area contributed by atoms with Crippen molar-refractivity contribution in [3.05, 3.63) is 34.2 Å². The van der Waals surface area contributed by atoms with Crippen molar-refractivity contribution in [3.63, 3.8) is 0 Å². The monoisotopic (exact) mass is 380 g/mol. The number of rotatable bonds is 4. The second-order valence-electron chi connectivity index (χ2n) is 5.92. The van der Waals surface area contributed by atoms with E-state index in [1.165, 1.54) is 11.3 Å². The van der Waals surface area contributed by atoms with Crippen LogP contribution in [0.15, 0.2) is 24.3 Å². The molecule has 1 aromatic heterocycles. The van der Waals surface area contributed by atoms with Crippen molar-refractivity contribution in [2.24, 2.45) is 5.92 Å². The minimum absolute atomic E-state index is 0.124. The van der Waals surface area contributed by atoms with Gasteiger partial charge in [0.1, 0.15) is 4.88 Å². The van der Waals surface area contributed by atoms with Crippen molar-refractivity contribution < 1.29 is 19.5 Å². The number of carboxylic acids is 1. The van der Waals surface area contributed by atoms with Gasteiger partial charge in [-0.2, -0.15) is 0 Å². The molecule has 0 radical (unpaired) electrons. The minimum Gasteiger partial charge on any atom is -0.481 e. The van der Waals surface area contributed by atoms with Crippen molar-refractivity contribution in [1.82, 2.24) is 10.2 Å². The predicted octanol–water partition coefficient (Wildman–Crippen LogP) is 2.61. The average molecular weight is 381 g/mol. The zero-order valence-electron chi connectivity index (χ0n) is 13.3. The molecule has 6 nitrogen and oxygen atoms in total. The molecule has 1 aliphatic heterocycles. The molecule has 2 amide bonds. The van der Waals surface area contributed by atoms with Crippen LogP contribution in [-0.2, 0) is 9.59 Å². The number of nitrogens with one attached hydrogen (secondary N) is 1. The molecule has 0 bridgehead atoms. The zero-order chi connectivity index (χ0) is 18.0. The molecule has 1 aromatic carbocycles. The van der Waals surface area contributed by atoms with E-state index in [0.29, 0.717) is 35.8 Å². The minimum atomic E-state index is -0.820. The quantitative estimate of drug-likeness (QED) is 0.853. The highest BCUT2D eigenvalue weighted by molar-refractivity contribution is 7.21. The number of carboxylic acid groups (broad SMARTS) is 1. The summed E-state index contributed by atoms with van der Waals surface area (Å²) in [7, 11) is 0. The first-order valence-electron chi connectivity index (χ1n) is 7.93. The maximum Gasteiger partial charge on any atom is 0.306 e. The lowest BCUT2D eigenvalue weighted by Gasteiger charge is -2.30. The second kappa shape index (κ2) is 7.41. The second-order valence-corrected chi connectivity index (χ2v) is 7.35. The van der Waals surface area contributed by atoms with Gasteiger partial charge >= 0.3 is 5.97 Å². The van der Waals surface area contributed by atoms with Crippen LogP contribution in [0.2, 0.25) is 5.02 Å².